The quantitative estimate of drug-likeness (QED) is 0.450. The van der Waals surface area contributed by atoms with Gasteiger partial charge in [-0.25, -0.2) is 0 Å². The molecule has 1 N–H and O–H groups in total. The molecule has 1 aromatic heterocycles. The van der Waals surface area contributed by atoms with Gasteiger partial charge < -0.3 is 14.8 Å². The predicted octanol–water partition coefficient (Wildman–Crippen LogP) is 3.82. The number of nitro groups is 1. The highest BCUT2D eigenvalue weighted by molar-refractivity contribution is 5.94. The third-order valence-electron chi connectivity index (χ3n) is 4.48. The summed E-state index contributed by atoms with van der Waals surface area (Å²) in [6.07, 6.45) is 3.41. The number of aromatic nitrogens is 1. The van der Waals surface area contributed by atoms with Crippen LogP contribution in [0, 0.1) is 17.0 Å². The van der Waals surface area contributed by atoms with Crippen LogP contribution in [0.4, 0.5) is 5.69 Å². The van der Waals surface area contributed by atoms with Gasteiger partial charge in [-0.2, -0.15) is 0 Å². The molecule has 0 aliphatic carbocycles. The van der Waals surface area contributed by atoms with Gasteiger partial charge >= 0.3 is 0 Å². The smallest absolute Gasteiger partial charge is 0.272 e. The molecule has 0 spiro atoms. The van der Waals surface area contributed by atoms with Crippen molar-refractivity contribution in [2.75, 3.05) is 7.11 Å². The average Bonchev–Trinajstić information content (AvgIpc) is 2.76. The Morgan fingerprint density at radius 3 is 2.50 bits per heavy atom. The van der Waals surface area contributed by atoms with Crippen LogP contribution in [-0.2, 0) is 13.2 Å². The van der Waals surface area contributed by atoms with Gasteiger partial charge in [0, 0.05) is 36.1 Å². The van der Waals surface area contributed by atoms with E-state index in [9.17, 15) is 14.9 Å². The van der Waals surface area contributed by atoms with Crippen molar-refractivity contribution < 1.29 is 19.2 Å². The fraction of sp³-hybridized carbons (Fsp3) is 0.182. The molecule has 8 heteroatoms. The molecule has 3 rings (SSSR count). The Morgan fingerprint density at radius 1 is 1.07 bits per heavy atom. The van der Waals surface area contributed by atoms with Crippen LogP contribution >= 0.6 is 0 Å². The normalized spacial score (nSPS) is 10.3. The number of nitrogens with one attached hydrogen (secondary N) is 1. The summed E-state index contributed by atoms with van der Waals surface area (Å²) in [5.41, 5.74) is 2.60. The number of rotatable bonds is 8. The monoisotopic (exact) mass is 407 g/mol. The lowest BCUT2D eigenvalue weighted by molar-refractivity contribution is -0.385. The van der Waals surface area contributed by atoms with E-state index in [0.717, 1.165) is 11.1 Å². The second-order valence-corrected chi connectivity index (χ2v) is 6.57. The van der Waals surface area contributed by atoms with Gasteiger partial charge in [-0.3, -0.25) is 19.9 Å². The fourth-order valence-corrected chi connectivity index (χ4v) is 2.87. The second-order valence-electron chi connectivity index (χ2n) is 6.57. The van der Waals surface area contributed by atoms with Gasteiger partial charge in [-0.1, -0.05) is 6.07 Å². The summed E-state index contributed by atoms with van der Waals surface area (Å²) in [4.78, 5) is 26.8. The lowest BCUT2D eigenvalue weighted by atomic mass is 10.1. The molecule has 0 unspecified atom stereocenters. The van der Waals surface area contributed by atoms with Crippen LogP contribution in [0.25, 0.3) is 0 Å². The number of nitro benzene ring substituents is 1. The number of ether oxygens (including phenoxy) is 2. The Kier molecular flexibility index (Phi) is 6.59. The first-order valence-electron chi connectivity index (χ1n) is 9.20. The van der Waals surface area contributed by atoms with Gasteiger partial charge in [0.1, 0.15) is 6.61 Å². The van der Waals surface area contributed by atoms with Crippen molar-refractivity contribution in [2.45, 2.75) is 20.1 Å². The lowest BCUT2D eigenvalue weighted by Crippen LogP contribution is -2.23. The maximum Gasteiger partial charge on any atom is 0.272 e. The second kappa shape index (κ2) is 9.51. The fourth-order valence-electron chi connectivity index (χ4n) is 2.87. The molecule has 0 bridgehead atoms. The molecule has 30 heavy (non-hydrogen) atoms. The number of amides is 1. The standard InChI is InChI=1S/C22H21N3O5/c1-15-11-18(4-5-19(15)25(27)28)22(26)24-13-17-3-6-20(21(12-17)29-2)30-14-16-7-9-23-10-8-16/h3-12H,13-14H2,1-2H3,(H,24,26). The molecule has 2 aromatic carbocycles. The minimum absolute atomic E-state index is 0.0151. The van der Waals surface area contributed by atoms with Gasteiger partial charge in [-0.15, -0.1) is 0 Å². The van der Waals surface area contributed by atoms with E-state index in [2.05, 4.69) is 10.3 Å². The Morgan fingerprint density at radius 2 is 1.83 bits per heavy atom. The van der Waals surface area contributed by atoms with E-state index in [1.807, 2.05) is 18.2 Å². The number of carbonyl (C=O) groups excluding carboxylic acids is 1. The molecular weight excluding hydrogens is 386 g/mol. The first-order valence-corrected chi connectivity index (χ1v) is 9.20. The number of methoxy groups -OCH3 is 1. The Bertz CT molecular complexity index is 1050. The Balaban J connectivity index is 1.63. The minimum Gasteiger partial charge on any atom is -0.493 e. The first kappa shape index (κ1) is 20.8. The number of carbonyl (C=O) groups is 1. The summed E-state index contributed by atoms with van der Waals surface area (Å²) < 4.78 is 11.2. The maximum absolute atomic E-state index is 12.4. The molecule has 1 amide bonds. The van der Waals surface area contributed by atoms with E-state index >= 15 is 0 Å². The molecule has 0 radical (unpaired) electrons. The summed E-state index contributed by atoms with van der Waals surface area (Å²) in [7, 11) is 1.55. The predicted molar refractivity (Wildman–Crippen MR) is 111 cm³/mol. The number of hydrogen-bond acceptors (Lipinski definition) is 6. The summed E-state index contributed by atoms with van der Waals surface area (Å²) >= 11 is 0. The highest BCUT2D eigenvalue weighted by Gasteiger charge is 2.14. The Labute approximate surface area is 173 Å². The number of benzene rings is 2. The summed E-state index contributed by atoms with van der Waals surface area (Å²) in [5.74, 6) is 0.836. The number of pyridine rings is 1. The topological polar surface area (TPSA) is 104 Å². The van der Waals surface area contributed by atoms with E-state index in [4.69, 9.17) is 9.47 Å². The molecule has 8 nitrogen and oxygen atoms in total. The van der Waals surface area contributed by atoms with E-state index in [1.54, 1.807) is 38.6 Å². The molecule has 0 atom stereocenters. The van der Waals surface area contributed by atoms with Crippen molar-refractivity contribution >= 4 is 11.6 Å². The van der Waals surface area contributed by atoms with Crippen LogP contribution in [0.5, 0.6) is 11.5 Å². The molecule has 154 valence electrons. The van der Waals surface area contributed by atoms with Crippen LogP contribution in [-0.4, -0.2) is 22.9 Å². The zero-order chi connectivity index (χ0) is 21.5. The van der Waals surface area contributed by atoms with Crippen LogP contribution < -0.4 is 14.8 Å². The summed E-state index contributed by atoms with van der Waals surface area (Å²) in [6.45, 7) is 2.26. The Hall–Kier alpha value is -3.94. The molecule has 3 aromatic rings. The van der Waals surface area contributed by atoms with Gasteiger partial charge in [-0.05, 0) is 54.4 Å². The van der Waals surface area contributed by atoms with Gasteiger partial charge in [0.15, 0.2) is 11.5 Å². The third-order valence-corrected chi connectivity index (χ3v) is 4.48. The SMILES string of the molecule is COc1cc(CNC(=O)c2ccc([N+](=O)[O-])c(C)c2)ccc1OCc1ccncc1. The average molecular weight is 407 g/mol. The van der Waals surface area contributed by atoms with Crippen LogP contribution in [0.2, 0.25) is 0 Å². The first-order chi connectivity index (χ1) is 14.5. The summed E-state index contributed by atoms with van der Waals surface area (Å²) in [5, 5.41) is 13.7. The molecule has 1 heterocycles. The highest BCUT2D eigenvalue weighted by atomic mass is 16.6. The van der Waals surface area contributed by atoms with Crippen molar-refractivity contribution in [1.82, 2.24) is 10.3 Å². The van der Waals surface area contributed by atoms with E-state index in [0.29, 0.717) is 29.2 Å². The van der Waals surface area contributed by atoms with Crippen LogP contribution in [0.1, 0.15) is 27.0 Å². The zero-order valence-electron chi connectivity index (χ0n) is 16.6. The van der Waals surface area contributed by atoms with E-state index < -0.39 is 4.92 Å². The third kappa shape index (κ3) is 5.11. The molecule has 0 fully saturated rings. The number of hydrogen-bond donors (Lipinski definition) is 1. The van der Waals surface area contributed by atoms with Crippen molar-refractivity contribution in [3.8, 4) is 11.5 Å². The molecule has 0 aliphatic rings. The molecule has 0 saturated carbocycles. The van der Waals surface area contributed by atoms with Crippen molar-refractivity contribution in [3.05, 3.63) is 93.3 Å². The largest absolute Gasteiger partial charge is 0.493 e. The van der Waals surface area contributed by atoms with Gasteiger partial charge in [0.25, 0.3) is 11.6 Å². The van der Waals surface area contributed by atoms with Gasteiger partial charge in [0.2, 0.25) is 0 Å². The zero-order valence-corrected chi connectivity index (χ0v) is 16.6. The lowest BCUT2D eigenvalue weighted by Gasteiger charge is -2.13. The molecule has 0 aliphatic heterocycles. The molecule has 0 saturated heterocycles. The number of nitrogens with zero attached hydrogens (tertiary/aromatic N) is 2. The maximum atomic E-state index is 12.4. The van der Waals surface area contributed by atoms with E-state index in [1.165, 1.54) is 18.2 Å². The van der Waals surface area contributed by atoms with Crippen LogP contribution in [0.3, 0.4) is 0 Å². The van der Waals surface area contributed by atoms with Crippen LogP contribution in [0.15, 0.2) is 60.9 Å². The highest BCUT2D eigenvalue weighted by Crippen LogP contribution is 2.29. The van der Waals surface area contributed by atoms with Crippen molar-refractivity contribution in [3.63, 3.8) is 0 Å². The van der Waals surface area contributed by atoms with Gasteiger partial charge in [0.05, 0.1) is 12.0 Å². The van der Waals surface area contributed by atoms with Crippen molar-refractivity contribution in [1.29, 1.82) is 0 Å². The van der Waals surface area contributed by atoms with Crippen molar-refractivity contribution in [2.24, 2.45) is 0 Å². The summed E-state index contributed by atoms with van der Waals surface area (Å²) in [6, 6.07) is 13.4. The molecular formula is C22H21N3O5. The number of aryl methyl sites for hydroxylation is 1. The van der Waals surface area contributed by atoms with E-state index in [-0.39, 0.29) is 18.1 Å². The minimum atomic E-state index is -0.471.